The van der Waals surface area contributed by atoms with Crippen LogP contribution in [0.4, 0.5) is 0 Å². The van der Waals surface area contributed by atoms with Gasteiger partial charge in [-0.15, -0.1) is 0 Å². The van der Waals surface area contributed by atoms with E-state index in [1.807, 2.05) is 25.1 Å². The van der Waals surface area contributed by atoms with Crippen molar-refractivity contribution < 1.29 is 14.6 Å². The Morgan fingerprint density at radius 3 is 2.45 bits per heavy atom. The first-order valence-corrected chi connectivity index (χ1v) is 6.61. The largest absolute Gasteiger partial charge is 0.493 e. The van der Waals surface area contributed by atoms with E-state index in [4.69, 9.17) is 21.1 Å². The van der Waals surface area contributed by atoms with Crippen molar-refractivity contribution in [3.8, 4) is 11.5 Å². The number of aryl methyl sites for hydroxylation is 1. The molecule has 0 bridgehead atoms. The summed E-state index contributed by atoms with van der Waals surface area (Å²) in [5, 5.41) is 11.2. The number of hydrogen-bond donors (Lipinski definition) is 1. The molecule has 0 saturated carbocycles. The fourth-order valence-corrected chi connectivity index (χ4v) is 2.38. The van der Waals surface area contributed by atoms with Crippen molar-refractivity contribution in [3.63, 3.8) is 0 Å². The molecule has 0 fully saturated rings. The second-order valence-electron chi connectivity index (χ2n) is 4.49. The monoisotopic (exact) mass is 292 g/mol. The molecular formula is C16H17ClO3. The summed E-state index contributed by atoms with van der Waals surface area (Å²) in [7, 11) is 3.12. The lowest BCUT2D eigenvalue weighted by atomic mass is 9.96. The minimum Gasteiger partial charge on any atom is -0.493 e. The molecule has 106 valence electrons. The summed E-state index contributed by atoms with van der Waals surface area (Å²) in [6, 6.07) is 10.9. The molecule has 2 aromatic carbocycles. The third kappa shape index (κ3) is 2.74. The number of rotatable bonds is 4. The minimum atomic E-state index is -0.821. The van der Waals surface area contributed by atoms with Crippen LogP contribution in [0.25, 0.3) is 0 Å². The molecule has 1 N–H and O–H groups in total. The lowest BCUT2D eigenvalue weighted by Crippen LogP contribution is -2.05. The maximum atomic E-state index is 10.6. The van der Waals surface area contributed by atoms with Crippen molar-refractivity contribution >= 4 is 11.6 Å². The third-order valence-corrected chi connectivity index (χ3v) is 3.50. The molecule has 0 radical (unpaired) electrons. The van der Waals surface area contributed by atoms with Gasteiger partial charge in [-0.1, -0.05) is 29.8 Å². The molecule has 0 heterocycles. The van der Waals surface area contributed by atoms with Crippen LogP contribution in [-0.2, 0) is 0 Å². The number of methoxy groups -OCH3 is 2. The molecule has 0 spiro atoms. The Kier molecular flexibility index (Phi) is 4.53. The van der Waals surface area contributed by atoms with E-state index in [1.54, 1.807) is 32.4 Å². The summed E-state index contributed by atoms with van der Waals surface area (Å²) in [6.07, 6.45) is -0.821. The summed E-state index contributed by atoms with van der Waals surface area (Å²) in [5.41, 5.74) is 2.37. The number of hydrogen-bond acceptors (Lipinski definition) is 3. The lowest BCUT2D eigenvalue weighted by Gasteiger charge is -2.19. The molecule has 0 amide bonds. The normalized spacial score (nSPS) is 12.1. The first-order valence-electron chi connectivity index (χ1n) is 6.23. The van der Waals surface area contributed by atoms with Crippen LogP contribution >= 0.6 is 11.6 Å². The van der Waals surface area contributed by atoms with Crippen molar-refractivity contribution in [1.29, 1.82) is 0 Å². The number of para-hydroxylation sites is 1. The van der Waals surface area contributed by atoms with Gasteiger partial charge in [-0.2, -0.15) is 0 Å². The van der Waals surface area contributed by atoms with E-state index in [2.05, 4.69) is 0 Å². The molecule has 0 saturated heterocycles. The van der Waals surface area contributed by atoms with Gasteiger partial charge in [0.05, 0.1) is 14.2 Å². The van der Waals surface area contributed by atoms with Crippen molar-refractivity contribution in [2.75, 3.05) is 14.2 Å². The Bertz CT molecular complexity index is 611. The maximum Gasteiger partial charge on any atom is 0.166 e. The molecule has 1 atom stereocenters. The molecule has 0 aromatic heterocycles. The molecule has 4 heteroatoms. The Hall–Kier alpha value is -1.71. The molecule has 2 rings (SSSR count). The van der Waals surface area contributed by atoms with E-state index in [9.17, 15) is 5.11 Å². The average molecular weight is 293 g/mol. The first-order chi connectivity index (χ1) is 9.58. The van der Waals surface area contributed by atoms with E-state index in [1.165, 1.54) is 0 Å². The predicted octanol–water partition coefficient (Wildman–Crippen LogP) is 3.75. The van der Waals surface area contributed by atoms with Gasteiger partial charge in [0.15, 0.2) is 11.5 Å². The maximum absolute atomic E-state index is 10.6. The molecule has 3 nitrogen and oxygen atoms in total. The van der Waals surface area contributed by atoms with Gasteiger partial charge in [-0.3, -0.25) is 0 Å². The molecular weight excluding hydrogens is 276 g/mol. The van der Waals surface area contributed by atoms with Crippen LogP contribution in [0.2, 0.25) is 5.02 Å². The van der Waals surface area contributed by atoms with Crippen LogP contribution in [0.15, 0.2) is 36.4 Å². The number of ether oxygens (including phenoxy) is 2. The SMILES string of the molecule is COc1cccc(C(O)c2cc(Cl)ccc2C)c1OC. The van der Waals surface area contributed by atoms with Gasteiger partial charge in [-0.05, 0) is 36.2 Å². The molecule has 2 aromatic rings. The fourth-order valence-electron chi connectivity index (χ4n) is 2.20. The first kappa shape index (κ1) is 14.7. The Morgan fingerprint density at radius 1 is 1.05 bits per heavy atom. The van der Waals surface area contributed by atoms with Crippen molar-refractivity contribution in [1.82, 2.24) is 0 Å². The summed E-state index contributed by atoms with van der Waals surface area (Å²) < 4.78 is 10.6. The smallest absolute Gasteiger partial charge is 0.166 e. The van der Waals surface area contributed by atoms with Gasteiger partial charge >= 0.3 is 0 Å². The number of halogens is 1. The fraction of sp³-hybridized carbons (Fsp3) is 0.250. The highest BCUT2D eigenvalue weighted by atomic mass is 35.5. The second-order valence-corrected chi connectivity index (χ2v) is 4.92. The summed E-state index contributed by atoms with van der Waals surface area (Å²) in [5.74, 6) is 1.12. The molecule has 0 aliphatic rings. The van der Waals surface area contributed by atoms with E-state index in [0.717, 1.165) is 11.1 Å². The second kappa shape index (κ2) is 6.16. The summed E-state index contributed by atoms with van der Waals surface area (Å²) in [6.45, 7) is 1.93. The Labute approximate surface area is 123 Å². The average Bonchev–Trinajstić information content (AvgIpc) is 2.48. The Balaban J connectivity index is 2.53. The van der Waals surface area contributed by atoms with Gasteiger partial charge in [0, 0.05) is 10.6 Å². The highest BCUT2D eigenvalue weighted by Gasteiger charge is 2.20. The van der Waals surface area contributed by atoms with E-state index >= 15 is 0 Å². The van der Waals surface area contributed by atoms with E-state index in [-0.39, 0.29) is 0 Å². The van der Waals surface area contributed by atoms with Crippen LogP contribution in [-0.4, -0.2) is 19.3 Å². The van der Waals surface area contributed by atoms with Gasteiger partial charge < -0.3 is 14.6 Å². The third-order valence-electron chi connectivity index (χ3n) is 3.26. The number of aliphatic hydroxyl groups is 1. The standard InChI is InChI=1S/C16H17ClO3/c1-10-7-8-11(17)9-13(10)15(18)12-5-4-6-14(19-2)16(12)20-3/h4-9,15,18H,1-3H3. The highest BCUT2D eigenvalue weighted by molar-refractivity contribution is 6.30. The van der Waals surface area contributed by atoms with Gasteiger partial charge in [0.1, 0.15) is 6.10 Å². The van der Waals surface area contributed by atoms with Gasteiger partial charge in [-0.25, -0.2) is 0 Å². The number of benzene rings is 2. The highest BCUT2D eigenvalue weighted by Crippen LogP contribution is 2.38. The molecule has 20 heavy (non-hydrogen) atoms. The van der Waals surface area contributed by atoms with Gasteiger partial charge in [0.2, 0.25) is 0 Å². The topological polar surface area (TPSA) is 38.7 Å². The van der Waals surface area contributed by atoms with E-state index in [0.29, 0.717) is 22.1 Å². The van der Waals surface area contributed by atoms with E-state index < -0.39 is 6.10 Å². The van der Waals surface area contributed by atoms with Crippen molar-refractivity contribution in [2.24, 2.45) is 0 Å². The van der Waals surface area contributed by atoms with Crippen LogP contribution in [0.3, 0.4) is 0 Å². The van der Waals surface area contributed by atoms with Crippen LogP contribution < -0.4 is 9.47 Å². The molecule has 0 aliphatic carbocycles. The quantitative estimate of drug-likeness (QED) is 0.933. The van der Waals surface area contributed by atoms with Crippen LogP contribution in [0.1, 0.15) is 22.8 Å². The summed E-state index contributed by atoms with van der Waals surface area (Å²) in [4.78, 5) is 0. The number of aliphatic hydroxyl groups excluding tert-OH is 1. The summed E-state index contributed by atoms with van der Waals surface area (Å²) >= 11 is 6.01. The van der Waals surface area contributed by atoms with Gasteiger partial charge in [0.25, 0.3) is 0 Å². The zero-order valence-electron chi connectivity index (χ0n) is 11.7. The Morgan fingerprint density at radius 2 is 1.80 bits per heavy atom. The van der Waals surface area contributed by atoms with Crippen LogP contribution in [0, 0.1) is 6.92 Å². The zero-order valence-corrected chi connectivity index (χ0v) is 12.4. The lowest BCUT2D eigenvalue weighted by molar-refractivity contribution is 0.212. The molecule has 1 unspecified atom stereocenters. The van der Waals surface area contributed by atoms with Crippen molar-refractivity contribution in [2.45, 2.75) is 13.0 Å². The van der Waals surface area contributed by atoms with Crippen molar-refractivity contribution in [3.05, 3.63) is 58.1 Å². The predicted molar refractivity (Wildman–Crippen MR) is 79.8 cm³/mol. The molecule has 0 aliphatic heterocycles. The zero-order chi connectivity index (χ0) is 14.7. The minimum absolute atomic E-state index is 0.530. The van der Waals surface area contributed by atoms with Crippen LogP contribution in [0.5, 0.6) is 11.5 Å².